The maximum absolute atomic E-state index is 11.7. The largest absolute Gasteiger partial charge is 0.493 e. The molecule has 10 heteroatoms. The molecule has 3 heterocycles. The Morgan fingerprint density at radius 2 is 2.05 bits per heavy atom. The Bertz CT molecular complexity index is 1010. The van der Waals surface area contributed by atoms with Gasteiger partial charge in [-0.2, -0.15) is 5.10 Å². The van der Waals surface area contributed by atoms with Gasteiger partial charge in [0.2, 0.25) is 11.6 Å². The monoisotopic (exact) mass is 317 g/mol. The van der Waals surface area contributed by atoms with E-state index in [0.29, 0.717) is 16.9 Å². The van der Waals surface area contributed by atoms with Crippen LogP contribution in [0.1, 0.15) is 11.3 Å². The molecule has 0 spiro atoms. The second kappa shape index (κ2) is 5.15. The molecular formula is C12H11N7O2S. The first-order chi connectivity index (χ1) is 10.5. The van der Waals surface area contributed by atoms with Gasteiger partial charge < -0.3 is 10.1 Å². The van der Waals surface area contributed by atoms with Crippen molar-refractivity contribution in [2.45, 2.75) is 13.8 Å². The van der Waals surface area contributed by atoms with E-state index in [9.17, 15) is 9.90 Å². The lowest BCUT2D eigenvalue weighted by molar-refractivity contribution is 0.451. The lowest BCUT2D eigenvalue weighted by Crippen LogP contribution is -2.06. The van der Waals surface area contributed by atoms with Crippen LogP contribution in [0.4, 0.5) is 11.5 Å². The highest BCUT2D eigenvalue weighted by Gasteiger charge is 2.11. The number of rotatable bonds is 2. The van der Waals surface area contributed by atoms with E-state index in [4.69, 9.17) is 12.2 Å². The van der Waals surface area contributed by atoms with Gasteiger partial charge in [-0.25, -0.2) is 4.98 Å². The summed E-state index contributed by atoms with van der Waals surface area (Å²) in [5, 5.41) is 24.8. The van der Waals surface area contributed by atoms with Crippen molar-refractivity contribution in [1.82, 2.24) is 25.1 Å². The van der Waals surface area contributed by atoms with E-state index >= 15 is 0 Å². The molecule has 0 aliphatic rings. The number of nitrogens with one attached hydrogen (secondary N) is 3. The normalized spacial score (nSPS) is 11.5. The van der Waals surface area contributed by atoms with Crippen LogP contribution in [-0.4, -0.2) is 30.3 Å². The topological polar surface area (TPSA) is 135 Å². The maximum Gasteiger partial charge on any atom is 0.283 e. The van der Waals surface area contributed by atoms with Gasteiger partial charge in [-0.3, -0.25) is 14.9 Å². The van der Waals surface area contributed by atoms with Crippen molar-refractivity contribution in [3.63, 3.8) is 0 Å². The molecule has 0 saturated carbocycles. The molecule has 0 saturated heterocycles. The van der Waals surface area contributed by atoms with E-state index in [1.165, 1.54) is 0 Å². The van der Waals surface area contributed by atoms with Gasteiger partial charge >= 0.3 is 0 Å². The number of hydrogen-bond donors (Lipinski definition) is 4. The molecule has 3 rings (SSSR count). The predicted octanol–water partition coefficient (Wildman–Crippen LogP) is 2.44. The first-order valence-electron chi connectivity index (χ1n) is 6.25. The van der Waals surface area contributed by atoms with Crippen LogP contribution < -0.4 is 5.56 Å². The summed E-state index contributed by atoms with van der Waals surface area (Å²) in [6.45, 7) is 3.77. The minimum atomic E-state index is -0.639. The van der Waals surface area contributed by atoms with Gasteiger partial charge in [-0.1, -0.05) is 0 Å². The van der Waals surface area contributed by atoms with E-state index in [1.54, 1.807) is 0 Å². The summed E-state index contributed by atoms with van der Waals surface area (Å²) >= 11 is 4.74. The van der Waals surface area contributed by atoms with Crippen LogP contribution >= 0.6 is 12.2 Å². The zero-order chi connectivity index (χ0) is 15.9. The van der Waals surface area contributed by atoms with Crippen LogP contribution in [-0.2, 0) is 0 Å². The summed E-state index contributed by atoms with van der Waals surface area (Å²) < 4.78 is 0.00367. The molecule has 0 aliphatic heterocycles. The molecule has 3 aromatic rings. The molecule has 4 N–H and O–H groups in total. The number of nitrogens with zero attached hydrogens (tertiary/aromatic N) is 4. The highest BCUT2D eigenvalue weighted by molar-refractivity contribution is 7.71. The van der Waals surface area contributed by atoms with Crippen LogP contribution in [0.5, 0.6) is 5.88 Å². The van der Waals surface area contributed by atoms with E-state index in [-0.39, 0.29) is 10.5 Å². The number of fused-ring (bicyclic) bond motifs is 1. The number of azo groups is 1. The van der Waals surface area contributed by atoms with Crippen LogP contribution in [0.25, 0.3) is 11.0 Å². The highest BCUT2D eigenvalue weighted by atomic mass is 32.1. The van der Waals surface area contributed by atoms with Crippen LogP contribution in [0.15, 0.2) is 21.1 Å². The minimum absolute atomic E-state index is 0.00367. The molecular weight excluding hydrogens is 306 g/mol. The van der Waals surface area contributed by atoms with Crippen molar-refractivity contribution < 1.29 is 5.11 Å². The average molecular weight is 317 g/mol. The molecule has 0 bridgehead atoms. The number of aromatic hydroxyl groups is 1. The number of H-pyrrole nitrogens is 3. The number of aromatic nitrogens is 5. The molecule has 0 aromatic carbocycles. The van der Waals surface area contributed by atoms with Gasteiger partial charge in [0, 0.05) is 5.69 Å². The third-order valence-corrected chi connectivity index (χ3v) is 3.18. The van der Waals surface area contributed by atoms with Crippen molar-refractivity contribution in [1.29, 1.82) is 0 Å². The molecule has 0 amide bonds. The molecule has 0 atom stereocenters. The Morgan fingerprint density at radius 1 is 1.27 bits per heavy atom. The number of aryl methyl sites for hydroxylation is 2. The zero-order valence-corrected chi connectivity index (χ0v) is 12.4. The van der Waals surface area contributed by atoms with E-state index in [0.717, 1.165) is 11.3 Å². The van der Waals surface area contributed by atoms with Gasteiger partial charge in [0.25, 0.3) is 5.56 Å². The summed E-state index contributed by atoms with van der Waals surface area (Å²) in [6, 6.07) is 1.89. The number of pyridine rings is 1. The Hall–Kier alpha value is -2.88. The summed E-state index contributed by atoms with van der Waals surface area (Å²) in [5.74, 6) is -0.103. The Balaban J connectivity index is 2.11. The predicted molar refractivity (Wildman–Crippen MR) is 81.5 cm³/mol. The Kier molecular flexibility index (Phi) is 3.29. The summed E-state index contributed by atoms with van der Waals surface area (Å²) in [5.41, 5.74) is 1.37. The SMILES string of the molecule is Cc1cc(C)c2c(N=Nc3c(O)[nH]c(=S)[nH]c3=O)[nH]nc2n1. The average Bonchev–Trinajstić information content (AvgIpc) is 2.80. The smallest absolute Gasteiger partial charge is 0.283 e. The standard InChI is InChI=1S/C12H11N7O2S/c1-4-3-5(2)13-8-6(4)9(19-17-8)18-16-7-10(20)14-12(22)15-11(7)21/h3H,1-2H3,(H,13,17,19)(H3,14,15,20,21,22). The van der Waals surface area contributed by atoms with Crippen LogP contribution in [0.3, 0.4) is 0 Å². The quantitative estimate of drug-likeness (QED) is 0.425. The van der Waals surface area contributed by atoms with E-state index < -0.39 is 11.4 Å². The van der Waals surface area contributed by atoms with Crippen molar-refractivity contribution in [3.05, 3.63) is 32.4 Å². The molecule has 0 fully saturated rings. The first-order valence-corrected chi connectivity index (χ1v) is 6.66. The summed E-state index contributed by atoms with van der Waals surface area (Å²) in [7, 11) is 0. The fourth-order valence-corrected chi connectivity index (χ4v) is 2.27. The molecule has 112 valence electrons. The minimum Gasteiger partial charge on any atom is -0.493 e. The van der Waals surface area contributed by atoms with Gasteiger partial charge in [-0.05, 0) is 37.7 Å². The third kappa shape index (κ3) is 2.39. The van der Waals surface area contributed by atoms with Crippen molar-refractivity contribution in [3.8, 4) is 5.88 Å². The van der Waals surface area contributed by atoms with Gasteiger partial charge in [0.1, 0.15) is 0 Å². The van der Waals surface area contributed by atoms with Crippen molar-refractivity contribution in [2.75, 3.05) is 0 Å². The van der Waals surface area contributed by atoms with E-state index in [1.807, 2.05) is 19.9 Å². The van der Waals surface area contributed by atoms with Gasteiger partial charge in [0.15, 0.2) is 16.2 Å². The van der Waals surface area contributed by atoms with Gasteiger partial charge in [0.05, 0.1) is 5.39 Å². The van der Waals surface area contributed by atoms with Crippen molar-refractivity contribution in [2.24, 2.45) is 10.2 Å². The summed E-state index contributed by atoms with van der Waals surface area (Å²) in [4.78, 5) is 20.7. The van der Waals surface area contributed by atoms with Crippen LogP contribution in [0.2, 0.25) is 0 Å². The molecule has 0 aliphatic carbocycles. The Morgan fingerprint density at radius 3 is 2.77 bits per heavy atom. The molecule has 0 radical (unpaired) electrons. The lowest BCUT2D eigenvalue weighted by atomic mass is 10.2. The van der Waals surface area contributed by atoms with E-state index in [2.05, 4.69) is 35.4 Å². The van der Waals surface area contributed by atoms with Gasteiger partial charge in [-0.15, -0.1) is 10.2 Å². The highest BCUT2D eigenvalue weighted by Crippen LogP contribution is 2.28. The van der Waals surface area contributed by atoms with Crippen molar-refractivity contribution >= 4 is 34.8 Å². The fourth-order valence-electron chi connectivity index (χ4n) is 2.09. The second-order valence-corrected chi connectivity index (χ2v) is 5.07. The molecule has 22 heavy (non-hydrogen) atoms. The Labute approximate surface area is 128 Å². The molecule has 9 nitrogen and oxygen atoms in total. The summed E-state index contributed by atoms with van der Waals surface area (Å²) in [6.07, 6.45) is 0. The lowest BCUT2D eigenvalue weighted by Gasteiger charge is -1.98. The number of aromatic amines is 3. The first kappa shape index (κ1) is 14.1. The third-order valence-electron chi connectivity index (χ3n) is 2.98. The molecule has 3 aromatic heterocycles. The molecule has 0 unspecified atom stereocenters. The maximum atomic E-state index is 11.7. The number of hydrogen-bond acceptors (Lipinski definition) is 7. The van der Waals surface area contributed by atoms with Crippen LogP contribution in [0, 0.1) is 18.6 Å². The fraction of sp³-hybridized carbons (Fsp3) is 0.167. The zero-order valence-electron chi connectivity index (χ0n) is 11.6. The second-order valence-electron chi connectivity index (χ2n) is 4.66.